The third kappa shape index (κ3) is 3.89. The normalized spacial score (nSPS) is 17.4. The molecule has 1 saturated heterocycles. The van der Waals surface area contributed by atoms with E-state index in [0.29, 0.717) is 10.8 Å². The summed E-state index contributed by atoms with van der Waals surface area (Å²) in [6.07, 6.45) is 0.981. The van der Waals surface area contributed by atoms with Crippen LogP contribution in [0.4, 0.5) is 5.13 Å². The Morgan fingerprint density at radius 3 is 3.00 bits per heavy atom. The highest BCUT2D eigenvalue weighted by atomic mass is 32.1. The van der Waals surface area contributed by atoms with Crippen molar-refractivity contribution in [2.24, 2.45) is 0 Å². The van der Waals surface area contributed by atoms with E-state index in [1.54, 1.807) is 12.5 Å². The lowest BCUT2D eigenvalue weighted by molar-refractivity contribution is 0.0754. The average molecular weight is 284 g/mol. The van der Waals surface area contributed by atoms with E-state index in [9.17, 15) is 4.79 Å². The number of hydrogen-bond acceptors (Lipinski definition) is 6. The minimum Gasteiger partial charge on any atom is -0.383 e. The number of nitrogen functional groups attached to an aromatic ring is 1. The van der Waals surface area contributed by atoms with Gasteiger partial charge in [0.25, 0.3) is 5.91 Å². The first-order valence-corrected chi connectivity index (χ1v) is 7.30. The van der Waals surface area contributed by atoms with Gasteiger partial charge in [-0.2, -0.15) is 0 Å². The minimum atomic E-state index is -0.0125. The predicted octanol–water partition coefficient (Wildman–Crippen LogP) is 0.520. The summed E-state index contributed by atoms with van der Waals surface area (Å²) in [6.45, 7) is 5.06. The molecule has 2 heterocycles. The zero-order chi connectivity index (χ0) is 13.7. The summed E-state index contributed by atoms with van der Waals surface area (Å²) in [5.41, 5.74) is 6.03. The maximum Gasteiger partial charge on any atom is 0.273 e. The highest BCUT2D eigenvalue weighted by molar-refractivity contribution is 7.13. The number of thiazole rings is 1. The number of hydrogen-bond donors (Lipinski definition) is 1. The molecule has 0 aliphatic carbocycles. The van der Waals surface area contributed by atoms with Crippen molar-refractivity contribution in [3.8, 4) is 0 Å². The van der Waals surface area contributed by atoms with Crippen LogP contribution in [0, 0.1) is 0 Å². The Kier molecular flexibility index (Phi) is 5.12. The van der Waals surface area contributed by atoms with Crippen LogP contribution in [0.25, 0.3) is 0 Å². The fourth-order valence-electron chi connectivity index (χ4n) is 2.17. The van der Waals surface area contributed by atoms with E-state index in [1.165, 1.54) is 11.3 Å². The van der Waals surface area contributed by atoms with Gasteiger partial charge in [-0.1, -0.05) is 0 Å². The number of anilines is 1. The summed E-state index contributed by atoms with van der Waals surface area (Å²) in [5, 5.41) is 2.17. The Morgan fingerprint density at radius 1 is 1.47 bits per heavy atom. The topological polar surface area (TPSA) is 71.7 Å². The van der Waals surface area contributed by atoms with Crippen LogP contribution >= 0.6 is 11.3 Å². The SMILES string of the molecule is COCCN1CCCN(C(=O)c2csc(N)n2)CC1. The first-order valence-electron chi connectivity index (χ1n) is 6.42. The number of rotatable bonds is 4. The van der Waals surface area contributed by atoms with Crippen LogP contribution in [0.1, 0.15) is 16.9 Å². The first kappa shape index (κ1) is 14.2. The van der Waals surface area contributed by atoms with Crippen molar-refractivity contribution < 1.29 is 9.53 Å². The van der Waals surface area contributed by atoms with Crippen LogP contribution in [0.5, 0.6) is 0 Å². The standard InChI is InChI=1S/C12H20N4O2S/c1-18-8-7-15-3-2-4-16(6-5-15)11(17)10-9-19-12(13)14-10/h9H,2-8H2,1H3,(H2,13,14). The molecule has 1 aliphatic heterocycles. The Balaban J connectivity index is 1.90. The average Bonchev–Trinajstić information content (AvgIpc) is 2.71. The molecule has 7 heteroatoms. The monoisotopic (exact) mass is 284 g/mol. The van der Waals surface area contributed by atoms with Gasteiger partial charge in [0.05, 0.1) is 6.61 Å². The molecule has 6 nitrogen and oxygen atoms in total. The Bertz CT molecular complexity index is 424. The van der Waals surface area contributed by atoms with Gasteiger partial charge in [-0.3, -0.25) is 9.69 Å². The quantitative estimate of drug-likeness (QED) is 0.872. The van der Waals surface area contributed by atoms with E-state index in [4.69, 9.17) is 10.5 Å². The van der Waals surface area contributed by atoms with Crippen LogP contribution in [-0.4, -0.2) is 67.1 Å². The summed E-state index contributed by atoms with van der Waals surface area (Å²) in [5.74, 6) is -0.0125. The fourth-order valence-corrected chi connectivity index (χ4v) is 2.70. The van der Waals surface area contributed by atoms with Crippen molar-refractivity contribution in [2.75, 3.05) is 52.2 Å². The second kappa shape index (κ2) is 6.83. The largest absolute Gasteiger partial charge is 0.383 e. The first-order chi connectivity index (χ1) is 9.20. The predicted molar refractivity (Wildman–Crippen MR) is 75.4 cm³/mol. The van der Waals surface area contributed by atoms with Crippen molar-refractivity contribution in [3.05, 3.63) is 11.1 Å². The molecule has 0 saturated carbocycles. The number of carbonyl (C=O) groups is 1. The van der Waals surface area contributed by atoms with Crippen molar-refractivity contribution in [2.45, 2.75) is 6.42 Å². The maximum absolute atomic E-state index is 12.3. The molecule has 0 unspecified atom stereocenters. The Labute approximate surface area is 117 Å². The molecule has 0 radical (unpaired) electrons. The van der Waals surface area contributed by atoms with Crippen LogP contribution < -0.4 is 5.73 Å². The molecular formula is C12H20N4O2S. The Morgan fingerprint density at radius 2 is 2.32 bits per heavy atom. The summed E-state index contributed by atoms with van der Waals surface area (Å²) < 4.78 is 5.09. The lowest BCUT2D eigenvalue weighted by Gasteiger charge is -2.21. The van der Waals surface area contributed by atoms with Gasteiger partial charge in [-0.15, -0.1) is 11.3 Å². The van der Waals surface area contributed by atoms with E-state index in [-0.39, 0.29) is 5.91 Å². The molecule has 0 atom stereocenters. The molecule has 1 aromatic rings. The minimum absolute atomic E-state index is 0.0125. The number of ether oxygens (including phenoxy) is 1. The molecule has 0 bridgehead atoms. The van der Waals surface area contributed by atoms with Crippen molar-refractivity contribution in [1.82, 2.24) is 14.8 Å². The third-order valence-electron chi connectivity index (χ3n) is 3.23. The number of carbonyl (C=O) groups excluding carboxylic acids is 1. The molecule has 1 aromatic heterocycles. The number of aromatic nitrogens is 1. The Hall–Kier alpha value is -1.18. The van der Waals surface area contributed by atoms with Gasteiger partial charge in [-0.25, -0.2) is 4.98 Å². The van der Waals surface area contributed by atoms with Crippen LogP contribution in [0.15, 0.2) is 5.38 Å². The summed E-state index contributed by atoms with van der Waals surface area (Å²) in [4.78, 5) is 20.5. The summed E-state index contributed by atoms with van der Waals surface area (Å²) in [7, 11) is 1.71. The lowest BCUT2D eigenvalue weighted by atomic mass is 10.3. The number of amides is 1. The molecule has 1 amide bonds. The van der Waals surface area contributed by atoms with Gasteiger partial charge in [-0.05, 0) is 13.0 Å². The van der Waals surface area contributed by atoms with Gasteiger partial charge in [0, 0.05) is 38.7 Å². The highest BCUT2D eigenvalue weighted by Gasteiger charge is 2.21. The molecule has 2 rings (SSSR count). The third-order valence-corrected chi connectivity index (χ3v) is 3.90. The van der Waals surface area contributed by atoms with Crippen LogP contribution in [-0.2, 0) is 4.74 Å². The zero-order valence-corrected chi connectivity index (χ0v) is 12.0. The molecule has 1 fully saturated rings. The second-order valence-corrected chi connectivity index (χ2v) is 5.44. The summed E-state index contributed by atoms with van der Waals surface area (Å²) in [6, 6.07) is 0. The highest BCUT2D eigenvalue weighted by Crippen LogP contribution is 2.14. The van der Waals surface area contributed by atoms with Gasteiger partial charge in [0.15, 0.2) is 5.13 Å². The zero-order valence-electron chi connectivity index (χ0n) is 11.2. The van der Waals surface area contributed by atoms with Gasteiger partial charge in [0.2, 0.25) is 0 Å². The molecule has 0 aromatic carbocycles. The molecule has 19 heavy (non-hydrogen) atoms. The van der Waals surface area contributed by atoms with E-state index in [2.05, 4.69) is 9.88 Å². The molecule has 106 valence electrons. The smallest absolute Gasteiger partial charge is 0.273 e. The number of nitrogens with two attached hydrogens (primary N) is 1. The van der Waals surface area contributed by atoms with Gasteiger partial charge < -0.3 is 15.4 Å². The van der Waals surface area contributed by atoms with Crippen LogP contribution in [0.3, 0.4) is 0 Å². The van der Waals surface area contributed by atoms with Gasteiger partial charge in [0.1, 0.15) is 5.69 Å². The van der Waals surface area contributed by atoms with E-state index in [1.807, 2.05) is 4.90 Å². The number of methoxy groups -OCH3 is 1. The molecule has 1 aliphatic rings. The van der Waals surface area contributed by atoms with Crippen molar-refractivity contribution in [1.29, 1.82) is 0 Å². The molecule has 0 spiro atoms. The lowest BCUT2D eigenvalue weighted by Crippen LogP contribution is -2.36. The number of nitrogens with zero attached hydrogens (tertiary/aromatic N) is 3. The van der Waals surface area contributed by atoms with Crippen molar-refractivity contribution >= 4 is 22.4 Å². The molecule has 2 N–H and O–H groups in total. The second-order valence-electron chi connectivity index (χ2n) is 4.55. The van der Waals surface area contributed by atoms with E-state index < -0.39 is 0 Å². The van der Waals surface area contributed by atoms with E-state index >= 15 is 0 Å². The maximum atomic E-state index is 12.3. The summed E-state index contributed by atoms with van der Waals surface area (Å²) >= 11 is 1.31. The fraction of sp³-hybridized carbons (Fsp3) is 0.667. The van der Waals surface area contributed by atoms with Gasteiger partial charge >= 0.3 is 0 Å². The molecular weight excluding hydrogens is 264 g/mol. The van der Waals surface area contributed by atoms with Crippen LogP contribution in [0.2, 0.25) is 0 Å². The van der Waals surface area contributed by atoms with E-state index in [0.717, 1.165) is 45.8 Å². The van der Waals surface area contributed by atoms with Crippen molar-refractivity contribution in [3.63, 3.8) is 0 Å².